The van der Waals surface area contributed by atoms with Crippen molar-refractivity contribution in [2.45, 2.75) is 31.8 Å². The topological polar surface area (TPSA) is 49.5 Å². The van der Waals surface area contributed by atoms with Gasteiger partial charge in [-0.25, -0.2) is 0 Å². The second-order valence-corrected chi connectivity index (χ2v) is 6.43. The second kappa shape index (κ2) is 6.84. The summed E-state index contributed by atoms with van der Waals surface area (Å²) in [5.41, 5.74) is 7.48. The first-order chi connectivity index (χ1) is 9.11. The number of aliphatic hydroxyl groups is 1. The van der Waals surface area contributed by atoms with E-state index in [1.54, 1.807) is 0 Å². The third kappa shape index (κ3) is 3.78. The Labute approximate surface area is 123 Å². The molecule has 0 bridgehead atoms. The molecule has 1 heterocycles. The van der Waals surface area contributed by atoms with E-state index in [4.69, 9.17) is 5.73 Å². The highest BCUT2D eigenvalue weighted by Crippen LogP contribution is 2.29. The van der Waals surface area contributed by atoms with Crippen LogP contribution >= 0.6 is 15.9 Å². The fourth-order valence-corrected chi connectivity index (χ4v) is 3.18. The third-order valence-electron chi connectivity index (χ3n) is 4.01. The van der Waals surface area contributed by atoms with Crippen molar-refractivity contribution in [1.82, 2.24) is 4.90 Å². The number of aliphatic hydroxyl groups excluding tert-OH is 1. The molecule has 1 aromatic rings. The lowest BCUT2D eigenvalue weighted by Crippen LogP contribution is -2.44. The number of likely N-dealkylation sites (tertiary alicyclic amines) is 1. The van der Waals surface area contributed by atoms with Gasteiger partial charge in [0.2, 0.25) is 0 Å². The Morgan fingerprint density at radius 3 is 2.37 bits per heavy atom. The number of piperidine rings is 1. The summed E-state index contributed by atoms with van der Waals surface area (Å²) >= 11 is 3.47. The van der Waals surface area contributed by atoms with Crippen molar-refractivity contribution >= 4 is 15.9 Å². The number of hydrogen-bond donors (Lipinski definition) is 2. The van der Waals surface area contributed by atoms with Crippen molar-refractivity contribution < 1.29 is 5.11 Å². The van der Waals surface area contributed by atoms with Crippen LogP contribution in [-0.4, -0.2) is 35.7 Å². The maximum atomic E-state index is 9.22. The van der Waals surface area contributed by atoms with E-state index in [9.17, 15) is 5.11 Å². The summed E-state index contributed by atoms with van der Waals surface area (Å²) in [4.78, 5) is 2.46. The van der Waals surface area contributed by atoms with Gasteiger partial charge in [0, 0.05) is 23.2 Å². The van der Waals surface area contributed by atoms with Gasteiger partial charge in [-0.05, 0) is 56.5 Å². The van der Waals surface area contributed by atoms with Crippen molar-refractivity contribution in [2.75, 3.05) is 19.7 Å². The molecular formula is C15H23BrN2O. The van der Waals surface area contributed by atoms with Gasteiger partial charge in [0.05, 0.1) is 0 Å². The van der Waals surface area contributed by atoms with Gasteiger partial charge in [0.15, 0.2) is 0 Å². The van der Waals surface area contributed by atoms with E-state index in [-0.39, 0.29) is 12.1 Å². The van der Waals surface area contributed by atoms with Crippen molar-refractivity contribution in [3.63, 3.8) is 0 Å². The Balaban J connectivity index is 2.10. The molecule has 0 spiro atoms. The first-order valence-corrected chi connectivity index (χ1v) is 7.77. The zero-order chi connectivity index (χ0) is 13.8. The van der Waals surface area contributed by atoms with Crippen LogP contribution in [0.2, 0.25) is 0 Å². The van der Waals surface area contributed by atoms with Crippen molar-refractivity contribution in [3.05, 3.63) is 34.3 Å². The molecule has 3 N–H and O–H groups in total. The van der Waals surface area contributed by atoms with E-state index in [0.29, 0.717) is 12.5 Å². The summed E-state index contributed by atoms with van der Waals surface area (Å²) in [5, 5.41) is 9.22. The fraction of sp³-hybridized carbons (Fsp3) is 0.600. The van der Waals surface area contributed by atoms with Crippen LogP contribution in [0.4, 0.5) is 0 Å². The van der Waals surface area contributed by atoms with Crippen LogP contribution in [0.3, 0.4) is 0 Å². The molecule has 0 aliphatic carbocycles. The SMILES string of the molecule is CC(N)C(c1ccc(Br)cc1)N1CCC(CO)CC1. The quantitative estimate of drug-likeness (QED) is 0.893. The minimum Gasteiger partial charge on any atom is -0.396 e. The van der Waals surface area contributed by atoms with Crippen LogP contribution in [-0.2, 0) is 0 Å². The van der Waals surface area contributed by atoms with Crippen LogP contribution in [0.1, 0.15) is 31.4 Å². The highest BCUT2D eigenvalue weighted by atomic mass is 79.9. The van der Waals surface area contributed by atoms with Crippen molar-refractivity contribution in [2.24, 2.45) is 11.7 Å². The summed E-state index contributed by atoms with van der Waals surface area (Å²) in [5.74, 6) is 0.467. The molecule has 2 unspecified atom stereocenters. The van der Waals surface area contributed by atoms with Crippen molar-refractivity contribution in [3.8, 4) is 0 Å². The number of benzene rings is 1. The highest BCUT2D eigenvalue weighted by molar-refractivity contribution is 9.10. The zero-order valence-corrected chi connectivity index (χ0v) is 13.0. The molecule has 1 aliphatic heterocycles. The van der Waals surface area contributed by atoms with E-state index < -0.39 is 0 Å². The van der Waals surface area contributed by atoms with E-state index in [1.807, 2.05) is 0 Å². The highest BCUT2D eigenvalue weighted by Gasteiger charge is 2.28. The number of hydrogen-bond acceptors (Lipinski definition) is 3. The molecule has 2 rings (SSSR count). The minimum absolute atomic E-state index is 0.104. The normalized spacial score (nSPS) is 21.3. The summed E-state index contributed by atoms with van der Waals surface area (Å²) in [6.07, 6.45) is 2.13. The molecule has 0 saturated carbocycles. The van der Waals surface area contributed by atoms with Gasteiger partial charge in [-0.2, -0.15) is 0 Å². The van der Waals surface area contributed by atoms with Gasteiger partial charge >= 0.3 is 0 Å². The molecule has 0 amide bonds. The molecule has 1 fully saturated rings. The minimum atomic E-state index is 0.104. The van der Waals surface area contributed by atoms with Crippen molar-refractivity contribution in [1.29, 1.82) is 0 Å². The van der Waals surface area contributed by atoms with Crippen LogP contribution in [0, 0.1) is 5.92 Å². The van der Waals surface area contributed by atoms with Crippen LogP contribution in [0.5, 0.6) is 0 Å². The van der Waals surface area contributed by atoms with Gasteiger partial charge in [-0.3, -0.25) is 4.90 Å². The lowest BCUT2D eigenvalue weighted by atomic mass is 9.92. The van der Waals surface area contributed by atoms with Gasteiger partial charge in [-0.15, -0.1) is 0 Å². The number of nitrogens with two attached hydrogens (primary N) is 1. The van der Waals surface area contributed by atoms with Gasteiger partial charge in [0.1, 0.15) is 0 Å². The summed E-state index contributed by atoms with van der Waals surface area (Å²) < 4.78 is 1.10. The fourth-order valence-electron chi connectivity index (χ4n) is 2.92. The number of rotatable bonds is 4. The Kier molecular flexibility index (Phi) is 5.39. The predicted molar refractivity (Wildman–Crippen MR) is 81.9 cm³/mol. The van der Waals surface area contributed by atoms with Crippen LogP contribution in [0.25, 0.3) is 0 Å². The summed E-state index contributed by atoms with van der Waals surface area (Å²) in [6, 6.07) is 8.82. The van der Waals surface area contributed by atoms with Gasteiger partial charge in [0.25, 0.3) is 0 Å². The molecule has 19 heavy (non-hydrogen) atoms. The van der Waals surface area contributed by atoms with E-state index in [2.05, 4.69) is 52.0 Å². The number of nitrogens with zero attached hydrogens (tertiary/aromatic N) is 1. The Hall–Kier alpha value is -0.420. The molecule has 1 saturated heterocycles. The van der Waals surface area contributed by atoms with E-state index in [1.165, 1.54) is 5.56 Å². The molecular weight excluding hydrogens is 304 g/mol. The maximum Gasteiger partial charge on any atom is 0.0496 e. The second-order valence-electron chi connectivity index (χ2n) is 5.52. The molecule has 0 radical (unpaired) electrons. The lowest BCUT2D eigenvalue weighted by Gasteiger charge is -2.39. The Bertz CT molecular complexity index is 386. The maximum absolute atomic E-state index is 9.22. The average molecular weight is 327 g/mol. The Morgan fingerprint density at radius 2 is 1.89 bits per heavy atom. The molecule has 1 aromatic carbocycles. The Morgan fingerprint density at radius 1 is 1.32 bits per heavy atom. The monoisotopic (exact) mass is 326 g/mol. The van der Waals surface area contributed by atoms with E-state index in [0.717, 1.165) is 30.4 Å². The molecule has 0 aromatic heterocycles. The zero-order valence-electron chi connectivity index (χ0n) is 11.4. The molecule has 3 nitrogen and oxygen atoms in total. The smallest absolute Gasteiger partial charge is 0.0496 e. The molecule has 1 aliphatic rings. The van der Waals surface area contributed by atoms with E-state index >= 15 is 0 Å². The molecule has 4 heteroatoms. The van der Waals surface area contributed by atoms with Gasteiger partial charge < -0.3 is 10.8 Å². The molecule has 2 atom stereocenters. The lowest BCUT2D eigenvalue weighted by molar-refractivity contribution is 0.0915. The third-order valence-corrected chi connectivity index (χ3v) is 4.54. The molecule has 106 valence electrons. The number of halogens is 1. The first-order valence-electron chi connectivity index (χ1n) is 6.97. The predicted octanol–water partition coefficient (Wildman–Crippen LogP) is 2.54. The standard InChI is InChI=1S/C15H23BrN2O/c1-11(17)15(13-2-4-14(16)5-3-13)18-8-6-12(10-19)7-9-18/h2-5,11-12,15,19H,6-10,17H2,1H3. The average Bonchev–Trinajstić information content (AvgIpc) is 2.42. The first kappa shape index (κ1) is 15.0. The summed E-state index contributed by atoms with van der Waals surface area (Å²) in [6.45, 7) is 4.43. The van der Waals surface area contributed by atoms with Crippen LogP contribution in [0.15, 0.2) is 28.7 Å². The van der Waals surface area contributed by atoms with Gasteiger partial charge in [-0.1, -0.05) is 28.1 Å². The van der Waals surface area contributed by atoms with Crippen LogP contribution < -0.4 is 5.73 Å². The largest absolute Gasteiger partial charge is 0.396 e. The summed E-state index contributed by atoms with van der Waals surface area (Å²) in [7, 11) is 0.